The molecule has 1 saturated heterocycles. The van der Waals surface area contributed by atoms with Crippen LogP contribution in [0.4, 0.5) is 0 Å². The molecule has 1 heterocycles. The van der Waals surface area contributed by atoms with E-state index in [2.05, 4.69) is 13.8 Å². The molecule has 2 amide bonds. The Morgan fingerprint density at radius 3 is 2.33 bits per heavy atom. The highest BCUT2D eigenvalue weighted by molar-refractivity contribution is 5.97. The highest BCUT2D eigenvalue weighted by Gasteiger charge is 2.26. The van der Waals surface area contributed by atoms with E-state index in [1.807, 2.05) is 21.9 Å². The van der Waals surface area contributed by atoms with Crippen LogP contribution >= 0.6 is 0 Å². The van der Waals surface area contributed by atoms with Gasteiger partial charge in [-0.3, -0.25) is 9.59 Å². The standard InChI is InChI=1S/C19H28N2O3/c1-4-15(5-2)18(22)20-11-8-12-21(14-13-20)19(23)16-9-6-7-10-17(16)24-3/h6-7,9-10,15H,4-5,8,11-14H2,1-3H3. The van der Waals surface area contributed by atoms with Gasteiger partial charge in [-0.05, 0) is 31.4 Å². The van der Waals surface area contributed by atoms with Crippen LogP contribution in [0.15, 0.2) is 24.3 Å². The zero-order chi connectivity index (χ0) is 17.5. The number of rotatable bonds is 5. The summed E-state index contributed by atoms with van der Waals surface area (Å²) in [6.45, 7) is 6.69. The van der Waals surface area contributed by atoms with Crippen molar-refractivity contribution in [2.45, 2.75) is 33.1 Å². The molecule has 0 bridgehead atoms. The summed E-state index contributed by atoms with van der Waals surface area (Å²) < 4.78 is 5.30. The van der Waals surface area contributed by atoms with Crippen LogP contribution in [0.3, 0.4) is 0 Å². The average molecular weight is 332 g/mol. The van der Waals surface area contributed by atoms with Gasteiger partial charge in [-0.15, -0.1) is 0 Å². The van der Waals surface area contributed by atoms with E-state index in [0.717, 1.165) is 25.8 Å². The fourth-order valence-electron chi connectivity index (χ4n) is 3.23. The van der Waals surface area contributed by atoms with Crippen molar-refractivity contribution in [3.63, 3.8) is 0 Å². The topological polar surface area (TPSA) is 49.9 Å². The second-order valence-corrected chi connectivity index (χ2v) is 6.18. The Morgan fingerprint density at radius 1 is 1.04 bits per heavy atom. The molecule has 0 radical (unpaired) electrons. The van der Waals surface area contributed by atoms with Crippen molar-refractivity contribution >= 4 is 11.8 Å². The smallest absolute Gasteiger partial charge is 0.257 e. The zero-order valence-corrected chi connectivity index (χ0v) is 15.0. The third-order valence-electron chi connectivity index (χ3n) is 4.77. The number of hydrogen-bond donors (Lipinski definition) is 0. The lowest BCUT2D eigenvalue weighted by molar-refractivity contribution is -0.135. The molecule has 0 atom stereocenters. The van der Waals surface area contributed by atoms with Gasteiger partial charge in [-0.25, -0.2) is 0 Å². The number of para-hydroxylation sites is 1. The van der Waals surface area contributed by atoms with Crippen molar-refractivity contribution in [2.75, 3.05) is 33.3 Å². The highest BCUT2D eigenvalue weighted by Crippen LogP contribution is 2.21. The van der Waals surface area contributed by atoms with Gasteiger partial charge in [0.25, 0.3) is 5.91 Å². The predicted molar refractivity (Wildman–Crippen MR) is 94.2 cm³/mol. The third kappa shape index (κ3) is 4.08. The van der Waals surface area contributed by atoms with Gasteiger partial charge in [0.05, 0.1) is 12.7 Å². The van der Waals surface area contributed by atoms with Crippen LogP contribution < -0.4 is 4.74 Å². The molecule has 0 unspecified atom stereocenters. The molecule has 1 aromatic carbocycles. The van der Waals surface area contributed by atoms with Crippen molar-refractivity contribution < 1.29 is 14.3 Å². The zero-order valence-electron chi connectivity index (χ0n) is 15.0. The van der Waals surface area contributed by atoms with Gasteiger partial charge in [0.15, 0.2) is 0 Å². The highest BCUT2D eigenvalue weighted by atomic mass is 16.5. The van der Waals surface area contributed by atoms with Crippen LogP contribution in [-0.2, 0) is 4.79 Å². The van der Waals surface area contributed by atoms with E-state index >= 15 is 0 Å². The molecule has 0 saturated carbocycles. The quantitative estimate of drug-likeness (QED) is 0.833. The molecule has 5 nitrogen and oxygen atoms in total. The molecule has 0 spiro atoms. The molecule has 1 fully saturated rings. The van der Waals surface area contributed by atoms with E-state index in [0.29, 0.717) is 30.9 Å². The lowest BCUT2D eigenvalue weighted by atomic mass is 10.0. The van der Waals surface area contributed by atoms with Crippen LogP contribution in [0, 0.1) is 5.92 Å². The molecule has 0 N–H and O–H groups in total. The number of benzene rings is 1. The number of methoxy groups -OCH3 is 1. The maximum atomic E-state index is 12.8. The molecule has 132 valence electrons. The minimum atomic E-state index is -0.0238. The van der Waals surface area contributed by atoms with Crippen LogP contribution in [0.5, 0.6) is 5.75 Å². The Morgan fingerprint density at radius 2 is 1.67 bits per heavy atom. The summed E-state index contributed by atoms with van der Waals surface area (Å²) >= 11 is 0. The van der Waals surface area contributed by atoms with Gasteiger partial charge in [0.1, 0.15) is 5.75 Å². The molecule has 5 heteroatoms. The Kier molecular flexibility index (Phi) is 6.64. The minimum absolute atomic E-state index is 0.0238. The molecule has 0 aromatic heterocycles. The summed E-state index contributed by atoms with van der Waals surface area (Å²) in [4.78, 5) is 29.1. The van der Waals surface area contributed by atoms with Crippen LogP contribution in [0.1, 0.15) is 43.5 Å². The van der Waals surface area contributed by atoms with Crippen LogP contribution in [0.25, 0.3) is 0 Å². The number of amides is 2. The SMILES string of the molecule is CCC(CC)C(=O)N1CCCN(C(=O)c2ccccc2OC)CC1. The van der Waals surface area contributed by atoms with Gasteiger partial charge >= 0.3 is 0 Å². The van der Waals surface area contributed by atoms with Gasteiger partial charge in [-0.1, -0.05) is 26.0 Å². The van der Waals surface area contributed by atoms with Crippen molar-refractivity contribution in [3.05, 3.63) is 29.8 Å². The second-order valence-electron chi connectivity index (χ2n) is 6.18. The van der Waals surface area contributed by atoms with Crippen molar-refractivity contribution in [2.24, 2.45) is 5.92 Å². The van der Waals surface area contributed by atoms with Crippen molar-refractivity contribution in [1.29, 1.82) is 0 Å². The molecular formula is C19H28N2O3. The lowest BCUT2D eigenvalue weighted by Gasteiger charge is -2.25. The maximum absolute atomic E-state index is 12.8. The van der Waals surface area contributed by atoms with Crippen LogP contribution in [0.2, 0.25) is 0 Å². The summed E-state index contributed by atoms with van der Waals surface area (Å²) in [7, 11) is 1.57. The first-order valence-corrected chi connectivity index (χ1v) is 8.83. The van der Waals surface area contributed by atoms with Gasteiger partial charge < -0.3 is 14.5 Å². The van der Waals surface area contributed by atoms with E-state index in [1.165, 1.54) is 0 Å². The molecule has 1 aliphatic heterocycles. The minimum Gasteiger partial charge on any atom is -0.496 e. The Bertz CT molecular complexity index is 569. The monoisotopic (exact) mass is 332 g/mol. The molecule has 24 heavy (non-hydrogen) atoms. The summed E-state index contributed by atoms with van der Waals surface area (Å²) in [5, 5.41) is 0. The predicted octanol–water partition coefficient (Wildman–Crippen LogP) is 2.81. The normalized spacial score (nSPS) is 15.3. The maximum Gasteiger partial charge on any atom is 0.257 e. The lowest BCUT2D eigenvalue weighted by Crippen LogP contribution is -2.39. The Hall–Kier alpha value is -2.04. The first-order chi connectivity index (χ1) is 11.6. The molecule has 2 rings (SSSR count). The summed E-state index contributed by atoms with van der Waals surface area (Å²) in [5.41, 5.74) is 0.583. The van der Waals surface area contributed by atoms with Crippen LogP contribution in [-0.4, -0.2) is 54.9 Å². The van der Waals surface area contributed by atoms with E-state index in [1.54, 1.807) is 19.2 Å². The second kappa shape index (κ2) is 8.71. The Balaban J connectivity index is 2.05. The molecule has 1 aromatic rings. The number of carbonyl (C=O) groups is 2. The number of hydrogen-bond acceptors (Lipinski definition) is 3. The molecule has 0 aliphatic carbocycles. The van der Waals surface area contributed by atoms with Gasteiger partial charge in [-0.2, -0.15) is 0 Å². The fraction of sp³-hybridized carbons (Fsp3) is 0.579. The van der Waals surface area contributed by atoms with Gasteiger partial charge in [0.2, 0.25) is 5.91 Å². The van der Waals surface area contributed by atoms with E-state index in [-0.39, 0.29) is 17.7 Å². The first kappa shape index (κ1) is 18.3. The third-order valence-corrected chi connectivity index (χ3v) is 4.77. The largest absolute Gasteiger partial charge is 0.496 e. The Labute approximate surface area is 144 Å². The summed E-state index contributed by atoms with van der Waals surface area (Å²) in [6, 6.07) is 7.29. The average Bonchev–Trinajstić information content (AvgIpc) is 2.88. The molecular weight excluding hydrogens is 304 g/mol. The van der Waals surface area contributed by atoms with E-state index in [4.69, 9.17) is 4.74 Å². The fourth-order valence-corrected chi connectivity index (χ4v) is 3.23. The van der Waals surface area contributed by atoms with Crippen molar-refractivity contribution in [3.8, 4) is 5.75 Å². The summed E-state index contributed by atoms with van der Waals surface area (Å²) in [6.07, 6.45) is 2.55. The van der Waals surface area contributed by atoms with Gasteiger partial charge in [0, 0.05) is 32.1 Å². The number of ether oxygens (including phenoxy) is 1. The van der Waals surface area contributed by atoms with E-state index in [9.17, 15) is 9.59 Å². The number of nitrogens with zero attached hydrogens (tertiary/aromatic N) is 2. The van der Waals surface area contributed by atoms with Crippen molar-refractivity contribution in [1.82, 2.24) is 9.80 Å². The number of carbonyl (C=O) groups excluding carboxylic acids is 2. The van der Waals surface area contributed by atoms with E-state index < -0.39 is 0 Å². The first-order valence-electron chi connectivity index (χ1n) is 8.83. The summed E-state index contributed by atoms with van der Waals surface area (Å²) in [5.74, 6) is 0.897. The molecule has 1 aliphatic rings.